The lowest BCUT2D eigenvalue weighted by Gasteiger charge is -2.54. The van der Waals surface area contributed by atoms with Crippen LogP contribution >= 0.6 is 0 Å². The van der Waals surface area contributed by atoms with Gasteiger partial charge < -0.3 is 39.4 Å². The molecule has 0 amide bonds. The second kappa shape index (κ2) is 11.3. The zero-order chi connectivity index (χ0) is 28.0. The molecule has 3 rings (SSSR count). The lowest BCUT2D eigenvalue weighted by Crippen LogP contribution is -2.64. The van der Waals surface area contributed by atoms with Gasteiger partial charge >= 0.3 is 0 Å². The Bertz CT molecular complexity index is 746. The number of aliphatic hydroxyl groups is 4. The fourth-order valence-corrected chi connectivity index (χ4v) is 7.30. The Morgan fingerprint density at radius 3 is 1.95 bits per heavy atom. The fraction of sp³-hybridized carbons (Fsp3) is 1.00. The van der Waals surface area contributed by atoms with Crippen LogP contribution < -0.4 is 0 Å². The molecule has 4 N–H and O–H groups in total. The third-order valence-corrected chi connectivity index (χ3v) is 9.28. The van der Waals surface area contributed by atoms with Gasteiger partial charge in [-0.25, -0.2) is 0 Å². The summed E-state index contributed by atoms with van der Waals surface area (Å²) in [6, 6.07) is 0. The first-order valence-corrected chi connectivity index (χ1v) is 14.4. The van der Waals surface area contributed by atoms with Crippen molar-refractivity contribution in [1.29, 1.82) is 0 Å². The van der Waals surface area contributed by atoms with E-state index < -0.39 is 41.1 Å². The van der Waals surface area contributed by atoms with Crippen molar-refractivity contribution in [2.45, 2.75) is 154 Å². The van der Waals surface area contributed by atoms with E-state index in [0.717, 1.165) is 25.7 Å². The van der Waals surface area contributed by atoms with E-state index in [2.05, 4.69) is 6.92 Å². The van der Waals surface area contributed by atoms with Crippen molar-refractivity contribution in [3.8, 4) is 0 Å². The molecule has 0 aromatic carbocycles. The average molecular weight is 531 g/mol. The maximum absolute atomic E-state index is 11.9. The van der Waals surface area contributed by atoms with Crippen LogP contribution in [0.25, 0.3) is 0 Å². The molecule has 0 aromatic heterocycles. The molecule has 3 fully saturated rings. The number of hydrogen-bond donors (Lipinski definition) is 4. The number of hydrogen-bond acceptors (Lipinski definition) is 8. The molecule has 11 atom stereocenters. The van der Waals surface area contributed by atoms with Crippen molar-refractivity contribution < 1.29 is 39.4 Å². The first-order valence-electron chi connectivity index (χ1n) is 14.4. The zero-order valence-corrected chi connectivity index (χ0v) is 24.6. The van der Waals surface area contributed by atoms with Gasteiger partial charge in [0.05, 0.1) is 36.1 Å². The largest absolute Gasteiger partial charge is 0.396 e. The molecular formula is C29H54O8. The lowest BCUT2D eigenvalue weighted by atomic mass is 9.72. The molecule has 1 spiro atoms. The predicted molar refractivity (Wildman–Crippen MR) is 141 cm³/mol. The molecule has 37 heavy (non-hydrogen) atoms. The molecule has 2 aliphatic heterocycles. The molecule has 2 heterocycles. The first-order chi connectivity index (χ1) is 17.0. The second-order valence-electron chi connectivity index (χ2n) is 13.3. The molecule has 0 bridgehead atoms. The average Bonchev–Trinajstić information content (AvgIpc) is 3.27. The van der Waals surface area contributed by atoms with Gasteiger partial charge in [0.2, 0.25) is 0 Å². The Balaban J connectivity index is 1.86. The van der Waals surface area contributed by atoms with Crippen LogP contribution in [0.3, 0.4) is 0 Å². The maximum atomic E-state index is 11.9. The van der Waals surface area contributed by atoms with E-state index in [0.29, 0.717) is 12.8 Å². The van der Waals surface area contributed by atoms with Crippen LogP contribution in [0, 0.1) is 23.7 Å². The highest BCUT2D eigenvalue weighted by Gasteiger charge is 2.57. The third kappa shape index (κ3) is 6.37. The van der Waals surface area contributed by atoms with Crippen LogP contribution in [0.1, 0.15) is 101 Å². The number of ether oxygens (including phenoxy) is 4. The summed E-state index contributed by atoms with van der Waals surface area (Å²) in [4.78, 5) is 0. The summed E-state index contributed by atoms with van der Waals surface area (Å²) < 4.78 is 25.7. The quantitative estimate of drug-likeness (QED) is 0.356. The van der Waals surface area contributed by atoms with Crippen molar-refractivity contribution in [2.75, 3.05) is 6.61 Å². The Morgan fingerprint density at radius 1 is 0.865 bits per heavy atom. The van der Waals surface area contributed by atoms with E-state index in [9.17, 15) is 20.4 Å². The number of rotatable bonds is 9. The molecule has 11 unspecified atom stereocenters. The van der Waals surface area contributed by atoms with Crippen LogP contribution in [0.5, 0.6) is 0 Å². The minimum atomic E-state index is -1.43. The summed E-state index contributed by atoms with van der Waals surface area (Å²) in [7, 11) is 0. The highest BCUT2D eigenvalue weighted by molar-refractivity contribution is 5.02. The molecule has 0 radical (unpaired) electrons. The Morgan fingerprint density at radius 2 is 1.41 bits per heavy atom. The lowest BCUT2D eigenvalue weighted by molar-refractivity contribution is -0.372. The molecule has 8 heteroatoms. The molecule has 2 saturated heterocycles. The van der Waals surface area contributed by atoms with Crippen molar-refractivity contribution in [3.63, 3.8) is 0 Å². The van der Waals surface area contributed by atoms with Gasteiger partial charge in [0, 0.05) is 37.2 Å². The van der Waals surface area contributed by atoms with Gasteiger partial charge in [-0.1, -0.05) is 34.6 Å². The van der Waals surface area contributed by atoms with Crippen LogP contribution in [0.2, 0.25) is 0 Å². The minimum absolute atomic E-state index is 0.00318. The maximum Gasteiger partial charge on any atom is 0.169 e. The van der Waals surface area contributed by atoms with Crippen molar-refractivity contribution in [3.05, 3.63) is 0 Å². The van der Waals surface area contributed by atoms with Crippen LogP contribution in [0.4, 0.5) is 0 Å². The van der Waals surface area contributed by atoms with Crippen LogP contribution in [0.15, 0.2) is 0 Å². The molecule has 0 aromatic rings. The smallest absolute Gasteiger partial charge is 0.169 e. The summed E-state index contributed by atoms with van der Waals surface area (Å²) in [6.07, 6.45) is 1.76. The van der Waals surface area contributed by atoms with Gasteiger partial charge in [-0.2, -0.15) is 0 Å². The molecule has 8 nitrogen and oxygen atoms in total. The topological polar surface area (TPSA) is 118 Å². The molecule has 1 saturated carbocycles. The van der Waals surface area contributed by atoms with Gasteiger partial charge in [-0.15, -0.1) is 0 Å². The summed E-state index contributed by atoms with van der Waals surface area (Å²) >= 11 is 0. The summed E-state index contributed by atoms with van der Waals surface area (Å²) in [5, 5.41) is 43.8. The van der Waals surface area contributed by atoms with Crippen molar-refractivity contribution in [2.24, 2.45) is 23.7 Å². The van der Waals surface area contributed by atoms with E-state index in [-0.39, 0.29) is 42.5 Å². The normalized spacial score (nSPS) is 39.5. The van der Waals surface area contributed by atoms with E-state index in [1.165, 1.54) is 0 Å². The standard InChI is InChI=1S/C29H54O8/c1-10-21(31)28(9,33)25-20(5)22(35-29(37-25)13-11-12-14-29)17(2)15-27(8,32)24-19(4)23(18(3)16-30)34-26(6,7)36-24/h17-25,30-33H,10-16H2,1-9H3. The van der Waals surface area contributed by atoms with Gasteiger partial charge in [0.25, 0.3) is 0 Å². The molecule has 1 aliphatic carbocycles. The van der Waals surface area contributed by atoms with Crippen molar-refractivity contribution in [1.82, 2.24) is 0 Å². The Labute approximate surface area is 224 Å². The monoisotopic (exact) mass is 530 g/mol. The SMILES string of the molecule is CCC(O)C(C)(O)C1OC2(CCCC2)OC(C(C)CC(C)(O)C2OC(C)(C)OC(C(C)CO)C2C)C1C. The van der Waals surface area contributed by atoms with E-state index in [1.54, 1.807) is 6.92 Å². The highest BCUT2D eigenvalue weighted by Crippen LogP contribution is 2.49. The zero-order valence-electron chi connectivity index (χ0n) is 24.6. The van der Waals surface area contributed by atoms with Crippen LogP contribution in [-0.2, 0) is 18.9 Å². The predicted octanol–water partition coefficient (Wildman–Crippen LogP) is 3.76. The van der Waals surface area contributed by atoms with Gasteiger partial charge in [0.1, 0.15) is 5.60 Å². The Hall–Kier alpha value is -0.320. The van der Waals surface area contributed by atoms with Gasteiger partial charge in [0.15, 0.2) is 11.6 Å². The van der Waals surface area contributed by atoms with E-state index in [4.69, 9.17) is 18.9 Å². The third-order valence-electron chi connectivity index (χ3n) is 9.28. The van der Waals surface area contributed by atoms with Crippen LogP contribution in [-0.4, -0.2) is 80.3 Å². The highest BCUT2D eigenvalue weighted by atomic mass is 16.7. The number of aliphatic hydroxyl groups excluding tert-OH is 2. The van der Waals surface area contributed by atoms with E-state index in [1.807, 2.05) is 48.5 Å². The Kier molecular flexibility index (Phi) is 9.51. The molecule has 218 valence electrons. The first kappa shape index (κ1) is 31.2. The summed E-state index contributed by atoms with van der Waals surface area (Å²) in [5.74, 6) is -2.19. The van der Waals surface area contributed by atoms with Gasteiger partial charge in [-0.05, 0) is 59.3 Å². The van der Waals surface area contributed by atoms with E-state index >= 15 is 0 Å². The van der Waals surface area contributed by atoms with Gasteiger partial charge in [-0.3, -0.25) is 0 Å². The summed E-state index contributed by atoms with van der Waals surface area (Å²) in [5.41, 5.74) is -2.62. The molecular weight excluding hydrogens is 476 g/mol. The molecule has 3 aliphatic rings. The van der Waals surface area contributed by atoms with Crippen molar-refractivity contribution >= 4 is 0 Å². The summed E-state index contributed by atoms with van der Waals surface area (Å²) in [6.45, 7) is 17.1. The fourth-order valence-electron chi connectivity index (χ4n) is 7.30. The minimum Gasteiger partial charge on any atom is -0.396 e. The second-order valence-corrected chi connectivity index (χ2v) is 13.3.